The van der Waals surface area contributed by atoms with E-state index in [-0.39, 0.29) is 11.8 Å². The number of pyridine rings is 1. The van der Waals surface area contributed by atoms with Crippen LogP contribution in [-0.2, 0) is 6.18 Å². The number of nitrogens with one attached hydrogen (secondary N) is 1. The molecule has 3 aromatic rings. The van der Waals surface area contributed by atoms with Crippen molar-refractivity contribution in [3.05, 3.63) is 77.0 Å². The summed E-state index contributed by atoms with van der Waals surface area (Å²) in [7, 11) is 0. The maximum absolute atomic E-state index is 14.9. The number of hydrogen-bond acceptors (Lipinski definition) is 5. The highest BCUT2D eigenvalue weighted by atomic mass is 19.4. The molecule has 7 nitrogen and oxygen atoms in total. The Labute approximate surface area is 195 Å². The quantitative estimate of drug-likeness (QED) is 0.422. The fraction of sp³-hybridized carbons (Fsp3) is 0.0952. The predicted molar refractivity (Wildman–Crippen MR) is 105 cm³/mol. The van der Waals surface area contributed by atoms with Crippen LogP contribution in [-0.4, -0.2) is 23.2 Å². The average molecular weight is 521 g/mol. The van der Waals surface area contributed by atoms with Gasteiger partial charge >= 0.3 is 12.5 Å². The molecule has 0 saturated heterocycles. The van der Waals surface area contributed by atoms with Crippen LogP contribution in [0.1, 0.15) is 26.3 Å². The number of rotatable bonds is 6. The molecule has 0 bridgehead atoms. The molecule has 0 radical (unpaired) electrons. The van der Waals surface area contributed by atoms with E-state index in [1.165, 1.54) is 0 Å². The number of hydrogen-bond donors (Lipinski definition) is 2. The first-order valence-corrected chi connectivity index (χ1v) is 9.36. The number of nitrogens with zero attached hydrogens (tertiary/aromatic N) is 1. The Hall–Kier alpha value is -4.43. The number of benzene rings is 2. The molecule has 15 heteroatoms. The van der Waals surface area contributed by atoms with Crippen LogP contribution in [0.3, 0.4) is 0 Å². The number of ether oxygens (including phenoxy) is 2. The van der Waals surface area contributed by atoms with Gasteiger partial charge < -0.3 is 20.5 Å². The third kappa shape index (κ3) is 6.17. The molecule has 0 fully saturated rings. The molecule has 2 aromatic carbocycles. The molecule has 190 valence electrons. The van der Waals surface area contributed by atoms with Gasteiger partial charge in [-0.2, -0.15) is 13.2 Å². The molecule has 0 aliphatic rings. The van der Waals surface area contributed by atoms with Crippen molar-refractivity contribution in [1.82, 2.24) is 4.98 Å². The zero-order chi connectivity index (χ0) is 26.8. The van der Waals surface area contributed by atoms with Gasteiger partial charge in [-0.3, -0.25) is 9.59 Å². The van der Waals surface area contributed by atoms with Crippen LogP contribution in [0, 0.1) is 11.6 Å². The van der Waals surface area contributed by atoms with Crippen LogP contribution in [0.2, 0.25) is 0 Å². The van der Waals surface area contributed by atoms with Crippen molar-refractivity contribution in [2.45, 2.75) is 12.5 Å². The highest BCUT2D eigenvalue weighted by Crippen LogP contribution is 2.37. The zero-order valence-electron chi connectivity index (χ0n) is 17.3. The molecule has 36 heavy (non-hydrogen) atoms. The summed E-state index contributed by atoms with van der Waals surface area (Å²) in [5.74, 6) is -7.88. The van der Waals surface area contributed by atoms with Gasteiger partial charge in [-0.1, -0.05) is 0 Å². The molecule has 1 heterocycles. The van der Waals surface area contributed by atoms with Crippen LogP contribution in [0.5, 0.6) is 17.4 Å². The summed E-state index contributed by atoms with van der Waals surface area (Å²) in [4.78, 5) is 27.3. The number of nitrogens with two attached hydrogens (primary N) is 1. The molecule has 2 amide bonds. The van der Waals surface area contributed by atoms with E-state index in [1.807, 2.05) is 5.32 Å². The van der Waals surface area contributed by atoms with Gasteiger partial charge in [-0.05, 0) is 36.4 Å². The van der Waals surface area contributed by atoms with Crippen molar-refractivity contribution in [3.8, 4) is 17.4 Å². The van der Waals surface area contributed by atoms with E-state index in [0.717, 1.165) is 24.3 Å². The Morgan fingerprint density at radius 1 is 0.944 bits per heavy atom. The van der Waals surface area contributed by atoms with Crippen LogP contribution in [0.25, 0.3) is 0 Å². The summed E-state index contributed by atoms with van der Waals surface area (Å²) < 4.78 is 114. The third-order valence-corrected chi connectivity index (χ3v) is 4.28. The second kappa shape index (κ2) is 9.67. The van der Waals surface area contributed by atoms with Gasteiger partial charge in [0.2, 0.25) is 5.88 Å². The van der Waals surface area contributed by atoms with Gasteiger partial charge in [0.05, 0.1) is 17.3 Å². The molecule has 1 aromatic heterocycles. The summed E-state index contributed by atoms with van der Waals surface area (Å²) in [6.07, 6.45) is -9.59. The van der Waals surface area contributed by atoms with Gasteiger partial charge in [-0.25, -0.2) is 13.8 Å². The van der Waals surface area contributed by atoms with Crippen molar-refractivity contribution in [2.75, 3.05) is 5.32 Å². The highest BCUT2D eigenvalue weighted by molar-refractivity contribution is 6.07. The fourth-order valence-electron chi connectivity index (χ4n) is 2.79. The standard InChI is InChI=1S/C21H11F8N3O4/c22-13-4-1-9(7-11(13)18(30)33)32-19(34)16-14(5-3-12(17(16)23)20(24,25)26)35-10-2-6-15(31-8-10)36-21(27,28)29/h1-8H,(H2,30,33)(H,32,34). The topological polar surface area (TPSA) is 104 Å². The van der Waals surface area contributed by atoms with Crippen molar-refractivity contribution < 1.29 is 54.2 Å². The van der Waals surface area contributed by atoms with E-state index in [2.05, 4.69) is 9.72 Å². The summed E-state index contributed by atoms with van der Waals surface area (Å²) in [6.45, 7) is 0. The minimum absolute atomic E-state index is 0.277. The van der Waals surface area contributed by atoms with Crippen LogP contribution in [0.4, 0.5) is 40.8 Å². The van der Waals surface area contributed by atoms with E-state index < -0.39 is 70.1 Å². The normalized spacial score (nSPS) is 11.7. The van der Waals surface area contributed by atoms with E-state index in [1.54, 1.807) is 0 Å². The molecule has 3 rings (SSSR count). The first-order valence-electron chi connectivity index (χ1n) is 9.36. The number of anilines is 1. The van der Waals surface area contributed by atoms with Gasteiger partial charge in [0, 0.05) is 11.8 Å². The van der Waals surface area contributed by atoms with Crippen LogP contribution >= 0.6 is 0 Å². The SMILES string of the molecule is NC(=O)c1cc(NC(=O)c2c(Oc3ccc(OC(F)(F)F)nc3)ccc(C(F)(F)F)c2F)ccc1F. The molecule has 0 atom stereocenters. The maximum atomic E-state index is 14.9. The molecular weight excluding hydrogens is 510 g/mol. The Balaban J connectivity index is 1.99. The molecule has 0 aliphatic heterocycles. The van der Waals surface area contributed by atoms with Crippen LogP contribution < -0.4 is 20.5 Å². The van der Waals surface area contributed by atoms with Gasteiger partial charge in [0.25, 0.3) is 11.8 Å². The molecular formula is C21H11F8N3O4. The summed E-state index contributed by atoms with van der Waals surface area (Å²) in [5, 5.41) is 2.00. The largest absolute Gasteiger partial charge is 0.574 e. The zero-order valence-corrected chi connectivity index (χ0v) is 17.3. The van der Waals surface area contributed by atoms with E-state index in [0.29, 0.717) is 18.3 Å². The summed E-state index contributed by atoms with van der Waals surface area (Å²) >= 11 is 0. The number of halogens is 8. The van der Waals surface area contributed by atoms with Gasteiger partial charge in [0.1, 0.15) is 22.9 Å². The minimum atomic E-state index is -5.22. The number of alkyl halides is 6. The highest BCUT2D eigenvalue weighted by Gasteiger charge is 2.37. The summed E-state index contributed by atoms with van der Waals surface area (Å²) in [6, 6.07) is 4.86. The Morgan fingerprint density at radius 2 is 1.64 bits per heavy atom. The lowest BCUT2D eigenvalue weighted by Crippen LogP contribution is -2.20. The lowest BCUT2D eigenvalue weighted by Gasteiger charge is -2.16. The smallest absolute Gasteiger partial charge is 0.455 e. The minimum Gasteiger partial charge on any atom is -0.455 e. The first kappa shape index (κ1) is 26.2. The Morgan fingerprint density at radius 3 is 2.19 bits per heavy atom. The van der Waals surface area contributed by atoms with Crippen molar-refractivity contribution in [3.63, 3.8) is 0 Å². The Kier molecular flexibility index (Phi) is 7.03. The number of aromatic nitrogens is 1. The van der Waals surface area contributed by atoms with Crippen molar-refractivity contribution >= 4 is 17.5 Å². The van der Waals surface area contributed by atoms with Gasteiger partial charge in [-0.15, -0.1) is 13.2 Å². The number of primary amides is 1. The second-order valence-corrected chi connectivity index (χ2v) is 6.79. The number of carbonyl (C=O) groups is 2. The lowest BCUT2D eigenvalue weighted by atomic mass is 10.1. The average Bonchev–Trinajstić information content (AvgIpc) is 2.74. The lowest BCUT2D eigenvalue weighted by molar-refractivity contribution is -0.276. The second-order valence-electron chi connectivity index (χ2n) is 6.79. The van der Waals surface area contributed by atoms with Crippen molar-refractivity contribution in [2.24, 2.45) is 5.73 Å². The number of carbonyl (C=O) groups excluding carboxylic acids is 2. The van der Waals surface area contributed by atoms with E-state index in [4.69, 9.17) is 10.5 Å². The van der Waals surface area contributed by atoms with E-state index in [9.17, 15) is 44.7 Å². The Bertz CT molecular complexity index is 1310. The number of amides is 2. The molecule has 0 spiro atoms. The molecule has 3 N–H and O–H groups in total. The van der Waals surface area contributed by atoms with Crippen molar-refractivity contribution in [1.29, 1.82) is 0 Å². The third-order valence-electron chi connectivity index (χ3n) is 4.28. The van der Waals surface area contributed by atoms with E-state index >= 15 is 0 Å². The first-order chi connectivity index (χ1) is 16.7. The molecule has 0 unspecified atom stereocenters. The molecule has 0 saturated carbocycles. The predicted octanol–water partition coefficient (Wildman–Crippen LogP) is 5.42. The monoisotopic (exact) mass is 521 g/mol. The fourth-order valence-corrected chi connectivity index (χ4v) is 2.79. The molecule has 0 aliphatic carbocycles. The maximum Gasteiger partial charge on any atom is 0.574 e. The van der Waals surface area contributed by atoms with Crippen LogP contribution in [0.15, 0.2) is 48.7 Å². The summed E-state index contributed by atoms with van der Waals surface area (Å²) in [5.41, 5.74) is 0.918. The van der Waals surface area contributed by atoms with Gasteiger partial charge in [0.15, 0.2) is 5.82 Å².